The summed E-state index contributed by atoms with van der Waals surface area (Å²) in [4.78, 5) is 38.9. The number of aliphatic hydroxyl groups excluding tert-OH is 1. The lowest BCUT2D eigenvalue weighted by Crippen LogP contribution is -2.57. The predicted molar refractivity (Wildman–Crippen MR) is 124 cm³/mol. The van der Waals surface area contributed by atoms with Crippen molar-refractivity contribution in [2.75, 3.05) is 6.54 Å². The summed E-state index contributed by atoms with van der Waals surface area (Å²) >= 11 is 0. The normalized spacial score (nSPS) is 19.7. The molecule has 2 aliphatic rings. The van der Waals surface area contributed by atoms with Gasteiger partial charge in [-0.05, 0) is 31.1 Å². The number of ketones is 2. The third-order valence-electron chi connectivity index (χ3n) is 6.06. The number of benzene rings is 2. The van der Waals surface area contributed by atoms with E-state index < -0.39 is 29.7 Å². The Hall–Kier alpha value is -4.20. The van der Waals surface area contributed by atoms with Crippen molar-refractivity contribution in [2.45, 2.75) is 39.0 Å². The summed E-state index contributed by atoms with van der Waals surface area (Å²) in [6.45, 7) is 3.90. The monoisotopic (exact) mass is 473 g/mol. The fourth-order valence-electron chi connectivity index (χ4n) is 4.16. The number of amides is 1. The van der Waals surface area contributed by atoms with Crippen LogP contribution in [0.1, 0.15) is 58.5 Å². The van der Waals surface area contributed by atoms with E-state index in [1.54, 1.807) is 0 Å². The van der Waals surface area contributed by atoms with Gasteiger partial charge in [0.05, 0.1) is 16.8 Å². The van der Waals surface area contributed by atoms with Crippen molar-refractivity contribution in [1.29, 1.82) is 5.26 Å². The van der Waals surface area contributed by atoms with Gasteiger partial charge in [-0.25, -0.2) is 10.4 Å². The first-order chi connectivity index (χ1) is 16.8. The van der Waals surface area contributed by atoms with Crippen LogP contribution in [0.2, 0.25) is 0 Å². The van der Waals surface area contributed by atoms with Gasteiger partial charge in [0, 0.05) is 17.7 Å². The molecule has 0 spiro atoms. The van der Waals surface area contributed by atoms with E-state index >= 15 is 0 Å². The smallest absolute Gasteiger partial charge is 0.281 e. The fourth-order valence-corrected chi connectivity index (χ4v) is 4.16. The van der Waals surface area contributed by atoms with Crippen LogP contribution in [0.15, 0.2) is 57.8 Å². The number of aliphatic hydroxyl groups is 1. The lowest BCUT2D eigenvalue weighted by molar-refractivity contribution is -0.145. The summed E-state index contributed by atoms with van der Waals surface area (Å²) in [6.07, 6.45) is 0.173. The van der Waals surface area contributed by atoms with E-state index in [2.05, 4.69) is 15.7 Å². The number of hydrogen-bond donors (Lipinski definition) is 3. The number of nitrogens with zero attached hydrogens (tertiary/aromatic N) is 4. The molecule has 1 heterocycles. The molecule has 2 aromatic carbocycles. The van der Waals surface area contributed by atoms with Crippen LogP contribution >= 0.6 is 0 Å². The van der Waals surface area contributed by atoms with Crippen LogP contribution in [0.25, 0.3) is 0 Å². The minimum absolute atomic E-state index is 0.0285. The number of carbonyl (C=O) groups excluding carboxylic acids is 3. The summed E-state index contributed by atoms with van der Waals surface area (Å²) in [5.41, 5.74) is 3.11. The summed E-state index contributed by atoms with van der Waals surface area (Å²) in [6, 6.07) is 9.57. The molecular weight excluding hydrogens is 450 g/mol. The minimum Gasteiger partial charge on any atom is -0.507 e. The van der Waals surface area contributed by atoms with E-state index in [9.17, 15) is 29.9 Å². The maximum Gasteiger partial charge on any atom is 0.281 e. The number of nitriles is 1. The lowest BCUT2D eigenvalue weighted by atomic mass is 9.83. The Morgan fingerprint density at radius 2 is 1.74 bits per heavy atom. The number of aromatic hydroxyl groups is 1. The number of azo groups is 1. The van der Waals surface area contributed by atoms with E-state index in [0.717, 1.165) is 17.9 Å². The van der Waals surface area contributed by atoms with E-state index in [0.29, 0.717) is 6.54 Å². The molecule has 1 aliphatic heterocycles. The standard InChI is InChI=1S/C25H23N5O5/c1-3-4-11-27-30-24(34)16(12-26)13(2)21(25(30)35)29-28-17-9-5-7-14-19(17)22(32)15-8-6-10-18(31)20(15)23(14)33/h5-10,21,25,27,31,35H,3-4,11H2,1-2H3. The first kappa shape index (κ1) is 23.9. The van der Waals surface area contributed by atoms with Crippen molar-refractivity contribution >= 4 is 23.2 Å². The fraction of sp³-hybridized carbons (Fsp3) is 0.280. The summed E-state index contributed by atoms with van der Waals surface area (Å²) < 4.78 is 0. The number of hydrazine groups is 1. The Morgan fingerprint density at radius 3 is 2.43 bits per heavy atom. The van der Waals surface area contributed by atoms with Crippen LogP contribution in [0.3, 0.4) is 0 Å². The van der Waals surface area contributed by atoms with Crippen LogP contribution in [-0.2, 0) is 4.79 Å². The molecule has 0 saturated carbocycles. The Labute approximate surface area is 201 Å². The molecule has 0 saturated heterocycles. The van der Waals surface area contributed by atoms with Crippen molar-refractivity contribution < 1.29 is 24.6 Å². The Morgan fingerprint density at radius 1 is 1.09 bits per heavy atom. The van der Waals surface area contributed by atoms with Crippen LogP contribution in [-0.4, -0.2) is 51.5 Å². The van der Waals surface area contributed by atoms with Crippen molar-refractivity contribution in [3.05, 3.63) is 69.8 Å². The molecule has 1 aliphatic carbocycles. The molecule has 0 radical (unpaired) electrons. The van der Waals surface area contributed by atoms with Crippen LogP contribution in [0.5, 0.6) is 5.75 Å². The number of rotatable bonds is 6. The molecule has 0 bridgehead atoms. The highest BCUT2D eigenvalue weighted by Gasteiger charge is 2.40. The molecule has 1 amide bonds. The van der Waals surface area contributed by atoms with Crippen molar-refractivity contribution in [2.24, 2.45) is 10.2 Å². The first-order valence-electron chi connectivity index (χ1n) is 11.1. The SMILES string of the molecule is CCCCNN1C(=O)C(C#N)=C(C)C(N=Nc2cccc3c2C(=O)c2cccc(O)c2C3=O)C1O. The maximum atomic E-state index is 13.2. The van der Waals surface area contributed by atoms with Gasteiger partial charge in [-0.15, -0.1) is 0 Å². The number of phenols is 1. The first-order valence-corrected chi connectivity index (χ1v) is 11.1. The third kappa shape index (κ3) is 4.01. The topological polar surface area (TPSA) is 155 Å². The van der Waals surface area contributed by atoms with E-state index in [1.165, 1.54) is 43.3 Å². The summed E-state index contributed by atoms with van der Waals surface area (Å²) in [5.74, 6) is -1.95. The van der Waals surface area contributed by atoms with E-state index in [4.69, 9.17) is 0 Å². The van der Waals surface area contributed by atoms with Gasteiger partial charge < -0.3 is 10.2 Å². The van der Waals surface area contributed by atoms with Gasteiger partial charge in [-0.2, -0.15) is 15.5 Å². The molecule has 10 nitrogen and oxygen atoms in total. The number of unbranched alkanes of at least 4 members (excludes halogenated alkanes) is 1. The highest BCUT2D eigenvalue weighted by molar-refractivity contribution is 6.30. The summed E-state index contributed by atoms with van der Waals surface area (Å²) in [5, 5.41) is 39.8. The molecular formula is C25H23N5O5. The van der Waals surface area contributed by atoms with Crippen LogP contribution in [0.4, 0.5) is 5.69 Å². The van der Waals surface area contributed by atoms with Crippen molar-refractivity contribution in [3.63, 3.8) is 0 Å². The second kappa shape index (κ2) is 9.58. The van der Waals surface area contributed by atoms with Crippen LogP contribution < -0.4 is 5.43 Å². The maximum absolute atomic E-state index is 13.2. The Bertz CT molecular complexity index is 1340. The molecule has 10 heteroatoms. The van der Waals surface area contributed by atoms with Crippen LogP contribution in [0, 0.1) is 11.3 Å². The van der Waals surface area contributed by atoms with Gasteiger partial charge in [-0.3, -0.25) is 14.4 Å². The molecule has 4 rings (SSSR count). The number of hydrogen-bond acceptors (Lipinski definition) is 9. The predicted octanol–water partition coefficient (Wildman–Crippen LogP) is 2.93. The molecule has 0 aromatic heterocycles. The van der Waals surface area contributed by atoms with Gasteiger partial charge in [-0.1, -0.05) is 37.6 Å². The van der Waals surface area contributed by atoms with E-state index in [1.807, 2.05) is 13.0 Å². The second-order valence-electron chi connectivity index (χ2n) is 8.24. The number of fused-ring (bicyclic) bond motifs is 2. The molecule has 3 N–H and O–H groups in total. The number of carbonyl (C=O) groups is 3. The zero-order chi connectivity index (χ0) is 25.3. The van der Waals surface area contributed by atoms with Crippen molar-refractivity contribution in [3.8, 4) is 11.8 Å². The summed E-state index contributed by atoms with van der Waals surface area (Å²) in [7, 11) is 0. The zero-order valence-corrected chi connectivity index (χ0v) is 19.1. The minimum atomic E-state index is -1.44. The highest BCUT2D eigenvalue weighted by atomic mass is 16.3. The number of nitrogens with one attached hydrogen (secondary N) is 1. The molecule has 0 fully saturated rings. The zero-order valence-electron chi connectivity index (χ0n) is 19.1. The average molecular weight is 473 g/mol. The number of phenolic OH excluding ortho intramolecular Hbond substituents is 1. The molecule has 2 aromatic rings. The van der Waals surface area contributed by atoms with Gasteiger partial charge in [0.1, 0.15) is 23.4 Å². The molecule has 2 atom stereocenters. The second-order valence-corrected chi connectivity index (χ2v) is 8.24. The Balaban J connectivity index is 1.73. The lowest BCUT2D eigenvalue weighted by Gasteiger charge is -2.35. The molecule has 178 valence electrons. The van der Waals surface area contributed by atoms with Gasteiger partial charge >= 0.3 is 0 Å². The molecule has 35 heavy (non-hydrogen) atoms. The van der Waals surface area contributed by atoms with E-state index in [-0.39, 0.29) is 44.8 Å². The Kier molecular flexibility index (Phi) is 6.55. The molecule has 2 unspecified atom stereocenters. The van der Waals surface area contributed by atoms with Gasteiger partial charge in [0.2, 0.25) is 0 Å². The third-order valence-corrected chi connectivity index (χ3v) is 6.06. The average Bonchev–Trinajstić information content (AvgIpc) is 2.84. The van der Waals surface area contributed by atoms with Gasteiger partial charge in [0.25, 0.3) is 5.91 Å². The van der Waals surface area contributed by atoms with Crippen molar-refractivity contribution in [1.82, 2.24) is 10.4 Å². The quantitative estimate of drug-likeness (QED) is 0.367. The van der Waals surface area contributed by atoms with Gasteiger partial charge in [0.15, 0.2) is 17.8 Å². The largest absolute Gasteiger partial charge is 0.507 e. The highest BCUT2D eigenvalue weighted by Crippen LogP contribution is 2.37.